The summed E-state index contributed by atoms with van der Waals surface area (Å²) in [7, 11) is 0. The third kappa shape index (κ3) is 12.5. The van der Waals surface area contributed by atoms with Crippen LogP contribution in [0.15, 0.2) is 12.2 Å². The number of carbonyl (C=O) groups excluding carboxylic acids is 1. The van der Waals surface area contributed by atoms with E-state index in [1.54, 1.807) is 20.8 Å². The van der Waals surface area contributed by atoms with Gasteiger partial charge in [0.2, 0.25) is 0 Å². The lowest BCUT2D eigenvalue weighted by atomic mass is 9.93. The molecule has 0 aliphatic rings. The van der Waals surface area contributed by atoms with Gasteiger partial charge in [0.15, 0.2) is 12.1 Å². The lowest BCUT2D eigenvalue weighted by Crippen LogP contribution is -2.73. The molecular formula is C30H55NO6. The van der Waals surface area contributed by atoms with Crippen LogP contribution in [-0.2, 0) is 14.4 Å². The Balaban J connectivity index is 4.77. The van der Waals surface area contributed by atoms with Crippen LogP contribution < -0.4 is 5.11 Å². The Hall–Kier alpha value is -1.89. The highest BCUT2D eigenvalue weighted by Crippen LogP contribution is 2.32. The number of carboxylic acids is 3. The molecule has 0 saturated heterocycles. The minimum absolute atomic E-state index is 0.129. The lowest BCUT2D eigenvalue weighted by molar-refractivity contribution is -0.974. The van der Waals surface area contributed by atoms with Crippen LogP contribution in [0, 0.1) is 0 Å². The van der Waals surface area contributed by atoms with Crippen molar-refractivity contribution in [1.82, 2.24) is 0 Å². The van der Waals surface area contributed by atoms with Crippen LogP contribution in [0.4, 0.5) is 0 Å². The van der Waals surface area contributed by atoms with Gasteiger partial charge in [0.1, 0.15) is 6.04 Å². The minimum Gasteiger partial charge on any atom is -0.544 e. The number of hydrogen-bond donors (Lipinski definition) is 2. The maximum atomic E-state index is 12.2. The number of allylic oxidation sites excluding steroid dienone is 2. The Morgan fingerprint density at radius 2 is 1.00 bits per heavy atom. The van der Waals surface area contributed by atoms with E-state index in [4.69, 9.17) is 0 Å². The third-order valence-corrected chi connectivity index (χ3v) is 7.80. The van der Waals surface area contributed by atoms with Gasteiger partial charge in [0.05, 0.1) is 12.5 Å². The van der Waals surface area contributed by atoms with E-state index in [-0.39, 0.29) is 25.8 Å². The highest BCUT2D eigenvalue weighted by Gasteiger charge is 2.53. The molecule has 0 aromatic heterocycles. The summed E-state index contributed by atoms with van der Waals surface area (Å²) in [5.41, 5.74) is 0. The highest BCUT2D eigenvalue weighted by molar-refractivity contribution is 5.77. The average Bonchev–Trinajstić information content (AvgIpc) is 2.84. The van der Waals surface area contributed by atoms with Crippen LogP contribution in [0.2, 0.25) is 0 Å². The second-order valence-corrected chi connectivity index (χ2v) is 10.4. The second kappa shape index (κ2) is 21.1. The van der Waals surface area contributed by atoms with Gasteiger partial charge in [-0.2, -0.15) is 0 Å². The maximum Gasteiger partial charge on any atom is 0.362 e. The van der Waals surface area contributed by atoms with Crippen molar-refractivity contribution in [3.8, 4) is 0 Å². The van der Waals surface area contributed by atoms with E-state index in [1.807, 2.05) is 0 Å². The molecule has 216 valence electrons. The molecule has 3 atom stereocenters. The lowest BCUT2D eigenvalue weighted by Gasteiger charge is -2.51. The van der Waals surface area contributed by atoms with Crippen LogP contribution in [0.5, 0.6) is 0 Å². The van der Waals surface area contributed by atoms with Crippen molar-refractivity contribution in [2.24, 2.45) is 0 Å². The van der Waals surface area contributed by atoms with Crippen molar-refractivity contribution < 1.29 is 34.2 Å². The van der Waals surface area contributed by atoms with Gasteiger partial charge in [-0.05, 0) is 38.5 Å². The molecule has 0 aromatic rings. The summed E-state index contributed by atoms with van der Waals surface area (Å²) in [6, 6.07) is -3.38. The Morgan fingerprint density at radius 3 is 1.35 bits per heavy atom. The first kappa shape index (κ1) is 35.1. The van der Waals surface area contributed by atoms with E-state index in [1.165, 1.54) is 51.4 Å². The first-order valence-electron chi connectivity index (χ1n) is 14.9. The van der Waals surface area contributed by atoms with E-state index in [0.717, 1.165) is 32.1 Å². The Morgan fingerprint density at radius 1 is 0.622 bits per heavy atom. The fraction of sp³-hybridized carbons (Fsp3) is 0.833. The topological polar surface area (TPSA) is 115 Å². The monoisotopic (exact) mass is 525 g/mol. The fourth-order valence-corrected chi connectivity index (χ4v) is 5.90. The SMILES string of the molecule is CCCCCC/C=C/CCCCCCCCCC[N+](C(CC)C(=O)[O-])(C(CC)C(=O)O)C(CC)C(=O)O. The quantitative estimate of drug-likeness (QED) is 0.0846. The molecule has 2 N–H and O–H groups in total. The Bertz CT molecular complexity index is 607. The van der Waals surface area contributed by atoms with Crippen molar-refractivity contribution in [3.63, 3.8) is 0 Å². The fourth-order valence-electron chi connectivity index (χ4n) is 5.90. The summed E-state index contributed by atoms with van der Waals surface area (Å²) < 4.78 is -0.470. The standard InChI is InChI=1S/C30H55NO6/c1-5-9-10-11-12-13-14-15-16-17-18-19-20-21-22-23-24-31(25(6-2)28(32)33,26(7-3)29(34)35)27(8-4)30(36)37/h13-14,25-27H,5-12,15-24H2,1-4H3,(H2-,32,33,34,35,36,37)/b14-13+. The Kier molecular flexibility index (Phi) is 20.0. The van der Waals surface area contributed by atoms with Gasteiger partial charge in [-0.1, -0.05) is 91.2 Å². The number of aliphatic carboxylic acids is 3. The molecule has 0 radical (unpaired) electrons. The molecule has 0 aliphatic carbocycles. The van der Waals surface area contributed by atoms with Gasteiger partial charge < -0.3 is 20.1 Å². The zero-order valence-electron chi connectivity index (χ0n) is 24.1. The molecule has 0 spiro atoms. The van der Waals surface area contributed by atoms with E-state index in [0.29, 0.717) is 6.42 Å². The largest absolute Gasteiger partial charge is 0.544 e. The summed E-state index contributed by atoms with van der Waals surface area (Å²) in [4.78, 5) is 36.5. The summed E-state index contributed by atoms with van der Waals surface area (Å²) in [5, 5.41) is 32.1. The highest BCUT2D eigenvalue weighted by atomic mass is 16.4. The second-order valence-electron chi connectivity index (χ2n) is 10.4. The first-order chi connectivity index (χ1) is 17.7. The van der Waals surface area contributed by atoms with Gasteiger partial charge >= 0.3 is 11.9 Å². The molecule has 3 unspecified atom stereocenters. The van der Waals surface area contributed by atoms with Crippen molar-refractivity contribution in [3.05, 3.63) is 12.2 Å². The van der Waals surface area contributed by atoms with Crippen molar-refractivity contribution in [2.45, 2.75) is 155 Å². The smallest absolute Gasteiger partial charge is 0.362 e. The molecule has 0 bridgehead atoms. The molecule has 0 amide bonds. The summed E-state index contributed by atoms with van der Waals surface area (Å²) in [5.74, 6) is -3.66. The van der Waals surface area contributed by atoms with E-state index in [9.17, 15) is 29.7 Å². The molecule has 0 heterocycles. The van der Waals surface area contributed by atoms with Crippen LogP contribution in [-0.4, -0.2) is 57.3 Å². The van der Waals surface area contributed by atoms with Gasteiger partial charge in [-0.25, -0.2) is 9.59 Å². The van der Waals surface area contributed by atoms with Crippen LogP contribution in [0.3, 0.4) is 0 Å². The van der Waals surface area contributed by atoms with Gasteiger partial charge in [0, 0.05) is 19.3 Å². The molecule has 0 saturated carbocycles. The number of quaternary nitrogens is 1. The predicted molar refractivity (Wildman–Crippen MR) is 147 cm³/mol. The average molecular weight is 526 g/mol. The Labute approximate surface area is 225 Å². The van der Waals surface area contributed by atoms with Crippen molar-refractivity contribution >= 4 is 17.9 Å². The number of carboxylic acid groups (broad SMARTS) is 3. The number of unbranched alkanes of at least 4 members (excludes halogenated alkanes) is 12. The van der Waals surface area contributed by atoms with Crippen LogP contribution in [0.1, 0.15) is 137 Å². The summed E-state index contributed by atoms with van der Waals surface area (Å²) in [6.07, 6.45) is 20.9. The van der Waals surface area contributed by atoms with Gasteiger partial charge in [-0.15, -0.1) is 0 Å². The number of nitrogens with zero attached hydrogens (tertiary/aromatic N) is 1. The number of rotatable bonds is 25. The van der Waals surface area contributed by atoms with Crippen LogP contribution >= 0.6 is 0 Å². The molecule has 7 heteroatoms. The van der Waals surface area contributed by atoms with E-state index in [2.05, 4.69) is 19.1 Å². The number of hydrogen-bond acceptors (Lipinski definition) is 4. The van der Waals surface area contributed by atoms with Crippen LogP contribution in [0.25, 0.3) is 0 Å². The molecule has 0 aliphatic heterocycles. The van der Waals surface area contributed by atoms with E-state index < -0.39 is 40.5 Å². The van der Waals surface area contributed by atoms with Crippen molar-refractivity contribution in [1.29, 1.82) is 0 Å². The third-order valence-electron chi connectivity index (χ3n) is 7.80. The first-order valence-corrected chi connectivity index (χ1v) is 14.9. The molecule has 7 nitrogen and oxygen atoms in total. The van der Waals surface area contributed by atoms with Gasteiger partial charge in [0.25, 0.3) is 0 Å². The predicted octanol–water partition coefficient (Wildman–Crippen LogP) is 6.10. The minimum atomic E-state index is -1.37. The zero-order chi connectivity index (χ0) is 28.1. The zero-order valence-corrected chi connectivity index (χ0v) is 24.1. The molecule has 37 heavy (non-hydrogen) atoms. The van der Waals surface area contributed by atoms with E-state index >= 15 is 0 Å². The maximum absolute atomic E-state index is 12.2. The summed E-state index contributed by atoms with van der Waals surface area (Å²) in [6.45, 7) is 7.49. The molecule has 0 aromatic carbocycles. The molecule has 0 fully saturated rings. The summed E-state index contributed by atoms with van der Waals surface area (Å²) >= 11 is 0. The molecular weight excluding hydrogens is 470 g/mol. The number of carbonyl (C=O) groups is 3. The normalized spacial score (nSPS) is 15.8. The molecule has 0 rings (SSSR count). The van der Waals surface area contributed by atoms with Crippen molar-refractivity contribution in [2.75, 3.05) is 6.54 Å². The van der Waals surface area contributed by atoms with Gasteiger partial charge in [-0.3, -0.25) is 4.48 Å².